The van der Waals surface area contributed by atoms with Gasteiger partial charge < -0.3 is 15.8 Å². The Morgan fingerprint density at radius 1 is 1.43 bits per heavy atom. The van der Waals surface area contributed by atoms with E-state index in [0.29, 0.717) is 18.4 Å². The molecule has 1 unspecified atom stereocenters. The van der Waals surface area contributed by atoms with Gasteiger partial charge in [0.2, 0.25) is 0 Å². The molecule has 0 amide bonds. The number of nitrogens with one attached hydrogen (secondary N) is 1. The van der Waals surface area contributed by atoms with Crippen LogP contribution in [0.25, 0.3) is 0 Å². The Balaban J connectivity index is 0.00000220. The molecule has 0 aliphatic rings. The normalized spacial score (nSPS) is 12.4. The number of nitrogens with zero attached hydrogens (tertiary/aromatic N) is 1. The van der Waals surface area contributed by atoms with Crippen molar-refractivity contribution < 1.29 is 4.74 Å². The third kappa shape index (κ3) is 5.55. The number of hydrogen-bond acceptors (Lipinski definition) is 3. The Hall–Kier alpha value is -1.28. The largest absolute Gasteiger partial charge is 0.497 e. The third-order valence-corrected chi connectivity index (χ3v) is 3.69. The maximum Gasteiger partial charge on any atom is 0.193 e. The SMILES string of the molecule is COc1cccc(NC(N)=NCC(C)c2ccsc2)c1.I. The van der Waals surface area contributed by atoms with Gasteiger partial charge in [-0.15, -0.1) is 24.0 Å². The van der Waals surface area contributed by atoms with E-state index in [0.717, 1.165) is 11.4 Å². The first-order valence-corrected chi connectivity index (χ1v) is 7.36. The molecule has 1 aromatic carbocycles. The van der Waals surface area contributed by atoms with Gasteiger partial charge >= 0.3 is 0 Å². The quantitative estimate of drug-likeness (QED) is 0.441. The molecule has 1 aromatic heterocycles. The summed E-state index contributed by atoms with van der Waals surface area (Å²) in [5.74, 6) is 1.57. The number of nitrogens with two attached hydrogens (primary N) is 1. The smallest absolute Gasteiger partial charge is 0.193 e. The fourth-order valence-electron chi connectivity index (χ4n) is 1.78. The number of aliphatic imine (C=N–C) groups is 1. The lowest BCUT2D eigenvalue weighted by atomic mass is 10.1. The van der Waals surface area contributed by atoms with E-state index in [1.54, 1.807) is 18.4 Å². The lowest BCUT2D eigenvalue weighted by Crippen LogP contribution is -2.23. The minimum absolute atomic E-state index is 0. The van der Waals surface area contributed by atoms with Crippen molar-refractivity contribution in [2.45, 2.75) is 12.8 Å². The van der Waals surface area contributed by atoms with Gasteiger partial charge in [0, 0.05) is 24.2 Å². The summed E-state index contributed by atoms with van der Waals surface area (Å²) in [4.78, 5) is 4.38. The maximum absolute atomic E-state index is 5.90. The fraction of sp³-hybridized carbons (Fsp3) is 0.267. The molecule has 2 rings (SSSR count). The van der Waals surface area contributed by atoms with Gasteiger partial charge in [-0.3, -0.25) is 4.99 Å². The summed E-state index contributed by atoms with van der Waals surface area (Å²) in [5, 5.41) is 7.29. The lowest BCUT2D eigenvalue weighted by Gasteiger charge is -2.09. The second-order valence-electron chi connectivity index (χ2n) is 4.54. The number of rotatable bonds is 5. The van der Waals surface area contributed by atoms with Gasteiger partial charge in [-0.25, -0.2) is 0 Å². The Kier molecular flexibility index (Phi) is 7.52. The number of ether oxygens (including phenoxy) is 1. The average molecular weight is 417 g/mol. The van der Waals surface area contributed by atoms with E-state index in [-0.39, 0.29) is 24.0 Å². The van der Waals surface area contributed by atoms with E-state index >= 15 is 0 Å². The predicted molar refractivity (Wildman–Crippen MR) is 101 cm³/mol. The van der Waals surface area contributed by atoms with Crippen LogP contribution in [0.4, 0.5) is 5.69 Å². The van der Waals surface area contributed by atoms with Crippen LogP contribution in [0.3, 0.4) is 0 Å². The van der Waals surface area contributed by atoms with Crippen molar-refractivity contribution in [2.75, 3.05) is 19.0 Å². The summed E-state index contributed by atoms with van der Waals surface area (Å²) < 4.78 is 5.16. The molecule has 1 heterocycles. The van der Waals surface area contributed by atoms with E-state index in [2.05, 4.69) is 34.1 Å². The highest BCUT2D eigenvalue weighted by Crippen LogP contribution is 2.19. The molecule has 0 saturated heterocycles. The van der Waals surface area contributed by atoms with Crippen LogP contribution in [0.5, 0.6) is 5.75 Å². The molecule has 0 spiro atoms. The standard InChI is InChI=1S/C15H19N3OS.HI/c1-11(12-6-7-20-10-12)9-17-15(16)18-13-4-3-5-14(8-13)19-2;/h3-8,10-11H,9H2,1-2H3,(H3,16,17,18);1H. The predicted octanol–water partition coefficient (Wildman–Crippen LogP) is 3.91. The third-order valence-electron chi connectivity index (χ3n) is 2.99. The molecule has 3 N–H and O–H groups in total. The van der Waals surface area contributed by atoms with Crippen LogP contribution < -0.4 is 15.8 Å². The summed E-state index contributed by atoms with van der Waals surface area (Å²) in [5.41, 5.74) is 8.07. The molecule has 4 nitrogen and oxygen atoms in total. The first-order valence-electron chi connectivity index (χ1n) is 6.42. The Morgan fingerprint density at radius 3 is 2.90 bits per heavy atom. The molecule has 0 aliphatic carbocycles. The molecule has 0 aliphatic heterocycles. The second-order valence-corrected chi connectivity index (χ2v) is 5.32. The molecular weight excluding hydrogens is 397 g/mol. The summed E-state index contributed by atoms with van der Waals surface area (Å²) in [6.45, 7) is 2.81. The highest BCUT2D eigenvalue weighted by molar-refractivity contribution is 14.0. The van der Waals surface area contributed by atoms with Crippen molar-refractivity contribution in [1.29, 1.82) is 0 Å². The van der Waals surface area contributed by atoms with Gasteiger partial charge in [-0.2, -0.15) is 11.3 Å². The Labute approximate surface area is 146 Å². The first kappa shape index (κ1) is 17.8. The zero-order valence-electron chi connectivity index (χ0n) is 12.1. The number of methoxy groups -OCH3 is 1. The highest BCUT2D eigenvalue weighted by Gasteiger charge is 2.05. The minimum Gasteiger partial charge on any atom is -0.497 e. The second kappa shape index (κ2) is 8.89. The van der Waals surface area contributed by atoms with E-state index in [9.17, 15) is 0 Å². The molecule has 0 radical (unpaired) electrons. The molecule has 21 heavy (non-hydrogen) atoms. The van der Waals surface area contributed by atoms with Crippen molar-refractivity contribution in [1.82, 2.24) is 0 Å². The fourth-order valence-corrected chi connectivity index (χ4v) is 2.57. The van der Waals surface area contributed by atoms with Gasteiger partial charge in [0.05, 0.1) is 7.11 Å². The number of guanidine groups is 1. The van der Waals surface area contributed by atoms with Gasteiger partial charge in [0.15, 0.2) is 5.96 Å². The summed E-state index contributed by atoms with van der Waals surface area (Å²) in [6.07, 6.45) is 0. The van der Waals surface area contributed by atoms with Crippen LogP contribution in [0.1, 0.15) is 18.4 Å². The zero-order valence-corrected chi connectivity index (χ0v) is 15.2. The number of benzene rings is 1. The molecule has 0 fully saturated rings. The van der Waals surface area contributed by atoms with Crippen LogP contribution in [0.15, 0.2) is 46.1 Å². The topological polar surface area (TPSA) is 59.6 Å². The van der Waals surface area contributed by atoms with Crippen LogP contribution >= 0.6 is 35.3 Å². The Bertz CT molecular complexity index is 572. The van der Waals surface area contributed by atoms with Gasteiger partial charge in [-0.05, 0) is 34.5 Å². The van der Waals surface area contributed by atoms with Crippen molar-refractivity contribution in [2.24, 2.45) is 10.7 Å². The van der Waals surface area contributed by atoms with Gasteiger partial charge in [0.1, 0.15) is 5.75 Å². The van der Waals surface area contributed by atoms with Crippen LogP contribution in [0.2, 0.25) is 0 Å². The molecule has 0 bridgehead atoms. The number of anilines is 1. The van der Waals surface area contributed by atoms with Crippen molar-refractivity contribution in [3.8, 4) is 5.75 Å². The van der Waals surface area contributed by atoms with E-state index in [4.69, 9.17) is 10.5 Å². The summed E-state index contributed by atoms with van der Waals surface area (Å²) >= 11 is 1.70. The molecule has 1 atom stereocenters. The van der Waals surface area contributed by atoms with Crippen LogP contribution in [0, 0.1) is 0 Å². The Morgan fingerprint density at radius 2 is 2.24 bits per heavy atom. The van der Waals surface area contributed by atoms with Crippen molar-refractivity contribution >= 4 is 47.0 Å². The number of thiophene rings is 1. The number of halogens is 1. The van der Waals surface area contributed by atoms with E-state index in [1.165, 1.54) is 5.56 Å². The van der Waals surface area contributed by atoms with Crippen LogP contribution in [-0.4, -0.2) is 19.6 Å². The molecule has 114 valence electrons. The summed E-state index contributed by atoms with van der Waals surface area (Å²) in [7, 11) is 1.64. The highest BCUT2D eigenvalue weighted by atomic mass is 127. The van der Waals surface area contributed by atoms with Gasteiger partial charge in [-0.1, -0.05) is 13.0 Å². The van der Waals surface area contributed by atoms with E-state index < -0.39 is 0 Å². The van der Waals surface area contributed by atoms with Crippen molar-refractivity contribution in [3.63, 3.8) is 0 Å². The summed E-state index contributed by atoms with van der Waals surface area (Å²) in [6, 6.07) is 9.72. The average Bonchev–Trinajstić information content (AvgIpc) is 2.99. The molecular formula is C15H20IN3OS. The molecule has 0 saturated carbocycles. The minimum atomic E-state index is 0. The van der Waals surface area contributed by atoms with Gasteiger partial charge in [0.25, 0.3) is 0 Å². The first-order chi connectivity index (χ1) is 9.69. The van der Waals surface area contributed by atoms with Crippen LogP contribution in [-0.2, 0) is 0 Å². The van der Waals surface area contributed by atoms with Crippen molar-refractivity contribution in [3.05, 3.63) is 46.7 Å². The molecule has 6 heteroatoms. The maximum atomic E-state index is 5.90. The van der Waals surface area contributed by atoms with E-state index in [1.807, 2.05) is 24.3 Å². The number of hydrogen-bond donors (Lipinski definition) is 2. The monoisotopic (exact) mass is 417 g/mol. The lowest BCUT2D eigenvalue weighted by molar-refractivity contribution is 0.415. The zero-order chi connectivity index (χ0) is 14.4. The molecule has 2 aromatic rings.